The van der Waals surface area contributed by atoms with Crippen LogP contribution in [-0.2, 0) is 11.3 Å². The van der Waals surface area contributed by atoms with Gasteiger partial charge in [-0.1, -0.05) is 64.5 Å². The van der Waals surface area contributed by atoms with Crippen LogP contribution >= 0.6 is 27.7 Å². The first kappa shape index (κ1) is 21.4. The molecule has 0 radical (unpaired) electrons. The van der Waals surface area contributed by atoms with E-state index in [2.05, 4.69) is 15.9 Å². The molecule has 0 atom stereocenters. The third-order valence-corrected chi connectivity index (χ3v) is 6.69. The molecule has 4 aromatic rings. The van der Waals surface area contributed by atoms with Crippen molar-refractivity contribution >= 4 is 55.9 Å². The average molecular weight is 518 g/mol. The number of hydrogen-bond acceptors (Lipinski definition) is 5. The summed E-state index contributed by atoms with van der Waals surface area (Å²) < 4.78 is 6.82. The lowest BCUT2D eigenvalue weighted by atomic mass is 10.1. The summed E-state index contributed by atoms with van der Waals surface area (Å²) in [6, 6.07) is 23.4. The second-order valence-corrected chi connectivity index (χ2v) is 9.40. The molecule has 1 aliphatic heterocycles. The largest absolute Gasteiger partial charge is 0.456 e. The molecule has 7 heteroatoms. The van der Waals surface area contributed by atoms with E-state index in [-0.39, 0.29) is 23.1 Å². The van der Waals surface area contributed by atoms with E-state index in [9.17, 15) is 14.4 Å². The van der Waals surface area contributed by atoms with Gasteiger partial charge in [0.15, 0.2) is 5.43 Å². The highest BCUT2D eigenvalue weighted by atomic mass is 79.9. The van der Waals surface area contributed by atoms with Crippen LogP contribution in [0.1, 0.15) is 11.1 Å². The minimum absolute atomic E-state index is 0.102. The summed E-state index contributed by atoms with van der Waals surface area (Å²) in [5.41, 5.74) is 2.83. The zero-order valence-corrected chi connectivity index (χ0v) is 19.6. The van der Waals surface area contributed by atoms with Gasteiger partial charge in [0.25, 0.3) is 11.1 Å². The minimum Gasteiger partial charge on any atom is -0.456 e. The number of thioether (sulfide) groups is 1. The zero-order valence-electron chi connectivity index (χ0n) is 17.2. The van der Waals surface area contributed by atoms with Crippen molar-refractivity contribution in [3.8, 4) is 11.3 Å². The van der Waals surface area contributed by atoms with Crippen molar-refractivity contribution in [2.24, 2.45) is 0 Å². The first-order chi connectivity index (χ1) is 16.0. The molecule has 1 saturated heterocycles. The molecular weight excluding hydrogens is 502 g/mol. The summed E-state index contributed by atoms with van der Waals surface area (Å²) >= 11 is 4.31. The van der Waals surface area contributed by atoms with Crippen molar-refractivity contribution in [3.05, 3.63) is 110 Å². The molecule has 5 rings (SSSR count). The minimum atomic E-state index is -0.308. The predicted octanol–water partition coefficient (Wildman–Crippen LogP) is 6.46. The van der Waals surface area contributed by atoms with Crippen LogP contribution in [0, 0.1) is 0 Å². The van der Waals surface area contributed by atoms with Gasteiger partial charge in [0.1, 0.15) is 11.3 Å². The molecule has 0 bridgehead atoms. The quantitative estimate of drug-likeness (QED) is 0.290. The van der Waals surface area contributed by atoms with E-state index in [1.807, 2.05) is 54.6 Å². The van der Waals surface area contributed by atoms with E-state index in [1.165, 1.54) is 11.0 Å². The standard InChI is InChI=1S/C26H16BrNO4S/c27-19-11-7-17(8-12-19)15-28-25(30)24(33-26(28)31)13-16-5-9-18(10-6-16)23-14-21(29)20-3-1-2-4-22(20)32-23/h1-14H,15H2/b24-13-. The first-order valence-corrected chi connectivity index (χ1v) is 11.7. The summed E-state index contributed by atoms with van der Waals surface area (Å²) in [7, 11) is 0. The number of halogens is 1. The Hall–Kier alpha value is -3.42. The molecule has 0 aliphatic carbocycles. The molecule has 0 N–H and O–H groups in total. The summed E-state index contributed by atoms with van der Waals surface area (Å²) in [4.78, 5) is 39.2. The van der Waals surface area contributed by atoms with Crippen molar-refractivity contribution in [2.75, 3.05) is 0 Å². The fraction of sp³-hybridized carbons (Fsp3) is 0.0385. The highest BCUT2D eigenvalue weighted by Crippen LogP contribution is 2.34. The van der Waals surface area contributed by atoms with Gasteiger partial charge in [0.05, 0.1) is 16.8 Å². The Morgan fingerprint density at radius 1 is 0.909 bits per heavy atom. The highest BCUT2D eigenvalue weighted by Gasteiger charge is 2.34. The second kappa shape index (κ2) is 8.84. The van der Waals surface area contributed by atoms with E-state index < -0.39 is 0 Å². The van der Waals surface area contributed by atoms with E-state index in [4.69, 9.17) is 4.42 Å². The number of imide groups is 1. The Morgan fingerprint density at radius 3 is 2.39 bits per heavy atom. The Balaban J connectivity index is 1.37. The van der Waals surface area contributed by atoms with Crippen LogP contribution in [-0.4, -0.2) is 16.0 Å². The Bertz CT molecular complexity index is 1470. The van der Waals surface area contributed by atoms with Crippen molar-refractivity contribution in [3.63, 3.8) is 0 Å². The van der Waals surface area contributed by atoms with Gasteiger partial charge in [-0.2, -0.15) is 0 Å². The van der Waals surface area contributed by atoms with Crippen LogP contribution in [0.2, 0.25) is 0 Å². The van der Waals surface area contributed by atoms with Crippen LogP contribution in [0.15, 0.2) is 97.5 Å². The van der Waals surface area contributed by atoms with Crippen LogP contribution in [0.4, 0.5) is 4.79 Å². The second-order valence-electron chi connectivity index (χ2n) is 7.49. The molecule has 0 unspecified atom stereocenters. The van der Waals surface area contributed by atoms with Crippen LogP contribution < -0.4 is 5.43 Å². The van der Waals surface area contributed by atoms with E-state index in [1.54, 1.807) is 24.3 Å². The summed E-state index contributed by atoms with van der Waals surface area (Å²) in [6.45, 7) is 0.231. The fourth-order valence-corrected chi connectivity index (χ4v) is 4.65. The molecule has 0 spiro atoms. The van der Waals surface area contributed by atoms with E-state index in [0.717, 1.165) is 32.9 Å². The van der Waals surface area contributed by atoms with Crippen LogP contribution in [0.25, 0.3) is 28.4 Å². The fourth-order valence-electron chi connectivity index (χ4n) is 3.55. The Morgan fingerprint density at radius 2 is 1.64 bits per heavy atom. The number of benzene rings is 3. The van der Waals surface area contributed by atoms with E-state index >= 15 is 0 Å². The Labute approximate surface area is 201 Å². The van der Waals surface area contributed by atoms with Gasteiger partial charge in [-0.25, -0.2) is 0 Å². The summed E-state index contributed by atoms with van der Waals surface area (Å²) in [5, 5.41) is 0.250. The van der Waals surface area contributed by atoms with Gasteiger partial charge < -0.3 is 4.42 Å². The lowest BCUT2D eigenvalue weighted by molar-refractivity contribution is -0.123. The monoisotopic (exact) mass is 517 g/mol. The van der Waals surface area contributed by atoms with Crippen LogP contribution in [0.3, 0.4) is 0 Å². The normalized spacial score (nSPS) is 15.1. The van der Waals surface area contributed by atoms with Gasteiger partial charge in [0, 0.05) is 16.1 Å². The predicted molar refractivity (Wildman–Crippen MR) is 134 cm³/mol. The highest BCUT2D eigenvalue weighted by molar-refractivity contribution is 9.10. The van der Waals surface area contributed by atoms with Crippen molar-refractivity contribution < 1.29 is 14.0 Å². The number of nitrogens with zero attached hydrogens (tertiary/aromatic N) is 1. The third-order valence-electron chi connectivity index (χ3n) is 5.26. The molecule has 1 aliphatic rings. The molecule has 33 heavy (non-hydrogen) atoms. The number of amides is 2. The maximum atomic E-state index is 12.8. The number of carbonyl (C=O) groups is 2. The molecule has 1 fully saturated rings. The molecule has 2 heterocycles. The maximum Gasteiger partial charge on any atom is 0.293 e. The number of rotatable bonds is 4. The van der Waals surface area contributed by atoms with Gasteiger partial charge in [-0.15, -0.1) is 0 Å². The van der Waals surface area contributed by atoms with Gasteiger partial charge in [-0.05, 0) is 53.2 Å². The zero-order chi connectivity index (χ0) is 22.9. The third kappa shape index (κ3) is 4.42. The number of carbonyl (C=O) groups excluding carboxylic acids is 2. The molecule has 162 valence electrons. The smallest absolute Gasteiger partial charge is 0.293 e. The van der Waals surface area contributed by atoms with Crippen molar-refractivity contribution in [1.82, 2.24) is 4.90 Å². The molecule has 5 nitrogen and oxygen atoms in total. The average Bonchev–Trinajstić information content (AvgIpc) is 3.08. The number of para-hydroxylation sites is 1. The molecule has 3 aromatic carbocycles. The summed E-state index contributed by atoms with van der Waals surface area (Å²) in [6.07, 6.45) is 1.70. The lowest BCUT2D eigenvalue weighted by Gasteiger charge is -2.12. The van der Waals surface area contributed by atoms with Crippen molar-refractivity contribution in [2.45, 2.75) is 6.54 Å². The van der Waals surface area contributed by atoms with Gasteiger partial charge >= 0.3 is 0 Å². The lowest BCUT2D eigenvalue weighted by Crippen LogP contribution is -2.27. The summed E-state index contributed by atoms with van der Waals surface area (Å²) in [5.74, 6) is 0.164. The molecule has 0 saturated carbocycles. The number of fused-ring (bicyclic) bond motifs is 1. The first-order valence-electron chi connectivity index (χ1n) is 10.1. The molecule has 2 amide bonds. The maximum absolute atomic E-state index is 12.8. The van der Waals surface area contributed by atoms with Crippen LogP contribution in [0.5, 0.6) is 0 Å². The molecular formula is C26H16BrNO4S. The number of hydrogen-bond donors (Lipinski definition) is 0. The molecule has 1 aromatic heterocycles. The topological polar surface area (TPSA) is 67.6 Å². The van der Waals surface area contributed by atoms with E-state index in [0.29, 0.717) is 21.6 Å². The van der Waals surface area contributed by atoms with Gasteiger partial charge in [-0.3, -0.25) is 19.3 Å². The SMILES string of the molecule is O=C1S/C(=C\c2ccc(-c3cc(=O)c4ccccc4o3)cc2)C(=O)N1Cc1ccc(Br)cc1. The Kier molecular flexibility index (Phi) is 5.74. The van der Waals surface area contributed by atoms with Gasteiger partial charge in [0.2, 0.25) is 0 Å². The van der Waals surface area contributed by atoms with Crippen molar-refractivity contribution in [1.29, 1.82) is 0 Å².